The molecule has 0 aliphatic heterocycles. The summed E-state index contributed by atoms with van der Waals surface area (Å²) in [5.74, 6) is -0.117. The minimum absolute atomic E-state index is 0. The normalized spacial score (nSPS) is 11.3. The van der Waals surface area contributed by atoms with Crippen LogP contribution in [0, 0.1) is 20.8 Å². The second-order valence-electron chi connectivity index (χ2n) is 11.0. The van der Waals surface area contributed by atoms with Gasteiger partial charge in [-0.2, -0.15) is 25.3 Å². The first-order valence-electron chi connectivity index (χ1n) is 17.0. The molecule has 297 valence electrons. The minimum atomic E-state index is -1.16. The number of ether oxygens (including phenoxy) is 6. The summed E-state index contributed by atoms with van der Waals surface area (Å²) in [7, 11) is 0. The van der Waals surface area contributed by atoms with Gasteiger partial charge in [0.05, 0.1) is 59.5 Å². The van der Waals surface area contributed by atoms with Crippen molar-refractivity contribution in [3.63, 3.8) is 0 Å². The van der Waals surface area contributed by atoms with Gasteiger partial charge >= 0.3 is 0 Å². The van der Waals surface area contributed by atoms with Crippen LogP contribution in [0.3, 0.4) is 0 Å². The Morgan fingerprint density at radius 2 is 0.923 bits per heavy atom. The molecule has 1 unspecified atom stereocenters. The molecule has 1 atom stereocenters. The quantitative estimate of drug-likeness (QED) is 0.0308. The van der Waals surface area contributed by atoms with Gasteiger partial charge in [-0.1, -0.05) is 26.2 Å². The van der Waals surface area contributed by atoms with Gasteiger partial charge in [0.2, 0.25) is 23.6 Å². The van der Waals surface area contributed by atoms with Gasteiger partial charge in [0.25, 0.3) is 0 Å². The van der Waals surface area contributed by atoms with Crippen molar-refractivity contribution in [2.45, 2.75) is 62.2 Å². The smallest absolute Gasteiger partial charge is 0.222 e. The van der Waals surface area contributed by atoms with Crippen LogP contribution in [0.4, 0.5) is 0 Å². The molecule has 0 aliphatic carbocycles. The van der Waals surface area contributed by atoms with Crippen molar-refractivity contribution in [3.05, 3.63) is 20.8 Å². The number of nitrogens with one attached hydrogen (secondary N) is 4. The number of rotatable bonds is 35. The van der Waals surface area contributed by atoms with Gasteiger partial charge < -0.3 is 70.5 Å². The number of carbonyl (C=O) groups is 4. The molecule has 4 N–H and O–H groups in total. The fraction of sp³-hybridized carbons (Fsp3) is 0.788. The van der Waals surface area contributed by atoms with Crippen LogP contribution in [0.2, 0.25) is 0 Å². The molecule has 0 bridgehead atoms. The van der Waals surface area contributed by atoms with E-state index in [0.29, 0.717) is 65.7 Å². The van der Waals surface area contributed by atoms with Gasteiger partial charge in [-0.05, 0) is 25.0 Å². The Bertz CT molecular complexity index is 798. The maximum atomic E-state index is 13.2. The monoisotopic (exact) mass is 1000 g/mol. The van der Waals surface area contributed by atoms with Crippen molar-refractivity contribution < 1.29 is 146 Å². The predicted molar refractivity (Wildman–Crippen MR) is 194 cm³/mol. The van der Waals surface area contributed by atoms with Crippen LogP contribution in [0.25, 0.3) is 0 Å². The molecule has 0 fully saturated rings. The third kappa shape index (κ3) is 38.5. The summed E-state index contributed by atoms with van der Waals surface area (Å²) in [6.45, 7) is 13.9. The van der Waals surface area contributed by atoms with E-state index in [1.807, 2.05) is 0 Å². The molecule has 19 heteroatoms. The first-order valence-corrected chi connectivity index (χ1v) is 18.1. The zero-order valence-electron chi connectivity index (χ0n) is 30.9. The van der Waals surface area contributed by atoms with E-state index in [1.54, 1.807) is 0 Å². The van der Waals surface area contributed by atoms with Crippen LogP contribution in [-0.2, 0) is 146 Å². The molecule has 0 aromatic carbocycles. The summed E-state index contributed by atoms with van der Waals surface area (Å²) in [4.78, 5) is 49.9. The van der Waals surface area contributed by atoms with Crippen molar-refractivity contribution in [1.29, 1.82) is 0 Å². The standard InChI is InChI=1S/C33H61N4O10S2.3Y/c1-4-42-21-15-34-29(38)11-18-45-25-33(26-46-19-12-30(39)35-16-22-43-5-2,27-47-20-13-31(40)36-17-23-44-6-3)37-32(41)10-8-7-9-28(49)14-24-48;;;/h28,48-49H,1-27H2,(H,34,38)(H,35,39)(H,36,40)(H,37,41);;;/q-3;;;. The zero-order chi connectivity index (χ0) is 36.4. The van der Waals surface area contributed by atoms with Crippen LogP contribution in [0.5, 0.6) is 0 Å². The average Bonchev–Trinajstić information content (AvgIpc) is 3.08. The largest absolute Gasteiger partial charge is 0.412 e. The Labute approximate surface area is 398 Å². The molecule has 0 saturated carbocycles. The van der Waals surface area contributed by atoms with Crippen molar-refractivity contribution >= 4 is 48.9 Å². The molecule has 0 saturated heterocycles. The molecule has 0 spiro atoms. The summed E-state index contributed by atoms with van der Waals surface area (Å²) in [6, 6.07) is 0. The van der Waals surface area contributed by atoms with Gasteiger partial charge in [0, 0.05) is 149 Å². The number of thiol groups is 2. The summed E-state index contributed by atoms with van der Waals surface area (Å²) in [5.41, 5.74) is -1.16. The Balaban J connectivity index is -0.00000384. The van der Waals surface area contributed by atoms with E-state index in [4.69, 9.17) is 28.4 Å². The van der Waals surface area contributed by atoms with E-state index in [9.17, 15) is 19.2 Å². The van der Waals surface area contributed by atoms with Crippen LogP contribution in [0.15, 0.2) is 0 Å². The van der Waals surface area contributed by atoms with Gasteiger partial charge in [0.1, 0.15) is 5.54 Å². The minimum Gasteiger partial charge on any atom is -0.412 e. The molecule has 0 heterocycles. The average molecular weight is 1000 g/mol. The molecule has 0 rings (SSSR count). The summed E-state index contributed by atoms with van der Waals surface area (Å²) >= 11 is 8.82. The van der Waals surface area contributed by atoms with Crippen molar-refractivity contribution in [1.82, 2.24) is 21.3 Å². The molecule has 52 heavy (non-hydrogen) atoms. The summed E-state index contributed by atoms with van der Waals surface area (Å²) < 4.78 is 33.1. The molecule has 4 amide bonds. The SMILES string of the molecule is [CH2-]COCCNC(=O)CCOCC(COCCC(=O)NCCOC[CH2-])(COCCC(=O)NCCOC[CH2-])NC(=O)CCCCC(S)CCS.[Y].[Y].[Y]. The maximum absolute atomic E-state index is 13.2. The maximum Gasteiger partial charge on any atom is 0.222 e. The molecular formula is C33H61N4O10S2Y3-3. The number of unbranched alkanes of at least 4 members (excludes halogenated alkanes) is 1. The summed E-state index contributed by atoms with van der Waals surface area (Å²) in [5, 5.41) is 11.5. The Morgan fingerprint density at radius 1 is 0.538 bits per heavy atom. The molecule has 0 aromatic heterocycles. The molecule has 14 nitrogen and oxygen atoms in total. The summed E-state index contributed by atoms with van der Waals surface area (Å²) in [6.07, 6.45) is 3.76. The molecule has 3 radical (unpaired) electrons. The topological polar surface area (TPSA) is 172 Å². The second-order valence-corrected chi connectivity index (χ2v) is 12.2. The van der Waals surface area contributed by atoms with Crippen LogP contribution in [0.1, 0.15) is 51.4 Å². The third-order valence-electron chi connectivity index (χ3n) is 6.75. The van der Waals surface area contributed by atoms with Crippen molar-refractivity contribution in [3.8, 4) is 0 Å². The van der Waals surface area contributed by atoms with Crippen LogP contribution < -0.4 is 21.3 Å². The van der Waals surface area contributed by atoms with Gasteiger partial charge in [0.15, 0.2) is 0 Å². The zero-order valence-corrected chi connectivity index (χ0v) is 41.2. The van der Waals surface area contributed by atoms with Crippen LogP contribution in [-0.4, -0.2) is 139 Å². The van der Waals surface area contributed by atoms with E-state index in [2.05, 4.69) is 67.3 Å². The number of hydrogen-bond acceptors (Lipinski definition) is 12. The first-order chi connectivity index (χ1) is 23.7. The van der Waals surface area contributed by atoms with Gasteiger partial charge in [-0.3, -0.25) is 19.2 Å². The fourth-order valence-electron chi connectivity index (χ4n) is 4.21. The van der Waals surface area contributed by atoms with Crippen molar-refractivity contribution in [2.75, 3.05) is 105 Å². The van der Waals surface area contributed by atoms with E-state index in [0.717, 1.165) is 25.0 Å². The van der Waals surface area contributed by atoms with E-state index < -0.39 is 5.54 Å². The molecule has 0 aliphatic rings. The molecule has 0 aromatic rings. The fourth-order valence-corrected chi connectivity index (χ4v) is 5.03. The van der Waals surface area contributed by atoms with E-state index >= 15 is 0 Å². The second kappa shape index (κ2) is 43.8. The van der Waals surface area contributed by atoms with Gasteiger partial charge in [-0.15, -0.1) is 0 Å². The molecular weight excluding hydrogens is 943 g/mol. The number of amides is 4. The van der Waals surface area contributed by atoms with Gasteiger partial charge in [-0.25, -0.2) is 0 Å². The third-order valence-corrected chi connectivity index (χ3v) is 7.53. The van der Waals surface area contributed by atoms with E-state index in [-0.39, 0.29) is 192 Å². The number of hydrogen-bond donors (Lipinski definition) is 6. The van der Waals surface area contributed by atoms with E-state index in [1.165, 1.54) is 0 Å². The first kappa shape index (κ1) is 60.3. The van der Waals surface area contributed by atoms with Crippen LogP contribution >= 0.6 is 25.3 Å². The Morgan fingerprint density at radius 3 is 1.27 bits per heavy atom. The van der Waals surface area contributed by atoms with Crippen molar-refractivity contribution in [2.24, 2.45) is 0 Å². The number of carbonyl (C=O) groups excluding carboxylic acids is 4. The Hall–Kier alpha value is 1.65. The Kier molecular flexibility index (Phi) is 50.8. The predicted octanol–water partition coefficient (Wildman–Crippen LogP) is 1.13.